The summed E-state index contributed by atoms with van der Waals surface area (Å²) in [4.78, 5) is 26.0. The van der Waals surface area contributed by atoms with Crippen LogP contribution in [0.1, 0.15) is 56.9 Å². The molecule has 1 aromatic rings. The molecular formula is C24H26BrNO4. The molecule has 2 aliphatic carbocycles. The Morgan fingerprint density at radius 1 is 1.07 bits per heavy atom. The number of Topliss-reactive ketones (excluding diaryl/α,β-unsaturated/α-hetero) is 2. The van der Waals surface area contributed by atoms with E-state index in [1.165, 1.54) is 0 Å². The highest BCUT2D eigenvalue weighted by atomic mass is 79.9. The number of hydrogen-bond acceptors (Lipinski definition) is 5. The van der Waals surface area contributed by atoms with Gasteiger partial charge in [-0.25, -0.2) is 0 Å². The van der Waals surface area contributed by atoms with Gasteiger partial charge in [0.05, 0.1) is 11.1 Å². The summed E-state index contributed by atoms with van der Waals surface area (Å²) < 4.78 is 12.4. The molecule has 0 atom stereocenters. The number of ether oxygens (including phenoxy) is 2. The van der Waals surface area contributed by atoms with Crippen molar-refractivity contribution in [3.63, 3.8) is 0 Å². The third kappa shape index (κ3) is 3.73. The SMILES string of the molecule is C=CCOc1c(Br)cc(C2C3=C(CCCC3=O)NC3=C2C(=O)CCC3)cc1OCC. The summed E-state index contributed by atoms with van der Waals surface area (Å²) in [6, 6.07) is 3.87. The second-order valence-corrected chi connectivity index (χ2v) is 8.61. The average molecular weight is 472 g/mol. The molecule has 158 valence electrons. The summed E-state index contributed by atoms with van der Waals surface area (Å²) >= 11 is 3.61. The minimum atomic E-state index is -0.360. The van der Waals surface area contributed by atoms with Crippen LogP contribution in [-0.4, -0.2) is 24.8 Å². The van der Waals surface area contributed by atoms with E-state index in [-0.39, 0.29) is 17.5 Å². The van der Waals surface area contributed by atoms with Gasteiger partial charge in [-0.3, -0.25) is 9.59 Å². The van der Waals surface area contributed by atoms with Gasteiger partial charge in [-0.1, -0.05) is 12.7 Å². The summed E-state index contributed by atoms with van der Waals surface area (Å²) in [6.45, 7) is 6.45. The summed E-state index contributed by atoms with van der Waals surface area (Å²) in [6.07, 6.45) is 6.08. The van der Waals surface area contributed by atoms with E-state index in [9.17, 15) is 9.59 Å². The van der Waals surface area contributed by atoms with Gasteiger partial charge in [-0.05, 0) is 66.2 Å². The van der Waals surface area contributed by atoms with Crippen LogP contribution in [0.2, 0.25) is 0 Å². The van der Waals surface area contributed by atoms with Gasteiger partial charge in [0.15, 0.2) is 23.1 Å². The molecule has 0 radical (unpaired) electrons. The molecule has 0 bridgehead atoms. The third-order valence-electron chi connectivity index (χ3n) is 5.80. The summed E-state index contributed by atoms with van der Waals surface area (Å²) in [5.41, 5.74) is 4.31. The van der Waals surface area contributed by atoms with E-state index in [0.717, 1.165) is 58.3 Å². The van der Waals surface area contributed by atoms with Gasteiger partial charge in [-0.15, -0.1) is 0 Å². The fourth-order valence-corrected chi connectivity index (χ4v) is 5.19. The molecule has 0 saturated heterocycles. The minimum Gasteiger partial charge on any atom is -0.490 e. The Bertz CT molecular complexity index is 934. The maximum Gasteiger partial charge on any atom is 0.175 e. The van der Waals surface area contributed by atoms with Crippen molar-refractivity contribution in [2.24, 2.45) is 0 Å². The smallest absolute Gasteiger partial charge is 0.175 e. The topological polar surface area (TPSA) is 64.6 Å². The fourth-order valence-electron chi connectivity index (χ4n) is 4.62. The summed E-state index contributed by atoms with van der Waals surface area (Å²) in [5, 5.41) is 3.45. The first-order valence-corrected chi connectivity index (χ1v) is 11.3. The molecule has 0 aromatic heterocycles. The van der Waals surface area contributed by atoms with Crippen LogP contribution < -0.4 is 14.8 Å². The molecule has 4 rings (SSSR count). The highest BCUT2D eigenvalue weighted by Gasteiger charge is 2.40. The lowest BCUT2D eigenvalue weighted by Gasteiger charge is -2.37. The van der Waals surface area contributed by atoms with Crippen molar-refractivity contribution in [2.45, 2.75) is 51.4 Å². The number of benzene rings is 1. The second kappa shape index (κ2) is 8.80. The van der Waals surface area contributed by atoms with E-state index in [4.69, 9.17) is 9.47 Å². The van der Waals surface area contributed by atoms with Crippen LogP contribution in [-0.2, 0) is 9.59 Å². The Balaban J connectivity index is 1.88. The van der Waals surface area contributed by atoms with Gasteiger partial charge < -0.3 is 14.8 Å². The first kappa shape index (κ1) is 20.9. The van der Waals surface area contributed by atoms with Gasteiger partial charge in [0.2, 0.25) is 0 Å². The molecule has 3 aliphatic rings. The van der Waals surface area contributed by atoms with Crippen LogP contribution in [0.4, 0.5) is 0 Å². The van der Waals surface area contributed by atoms with Crippen molar-refractivity contribution in [3.8, 4) is 11.5 Å². The third-order valence-corrected chi connectivity index (χ3v) is 6.39. The van der Waals surface area contributed by atoms with Gasteiger partial charge >= 0.3 is 0 Å². The number of nitrogens with one attached hydrogen (secondary N) is 1. The van der Waals surface area contributed by atoms with Crippen LogP contribution in [0.5, 0.6) is 11.5 Å². The maximum absolute atomic E-state index is 13.0. The number of halogens is 1. The Kier molecular flexibility index (Phi) is 6.14. The van der Waals surface area contributed by atoms with E-state index in [1.54, 1.807) is 6.08 Å². The number of carbonyl (C=O) groups excluding carboxylic acids is 2. The largest absolute Gasteiger partial charge is 0.490 e. The van der Waals surface area contributed by atoms with Gasteiger partial charge in [0.25, 0.3) is 0 Å². The van der Waals surface area contributed by atoms with E-state index in [1.807, 2.05) is 19.1 Å². The monoisotopic (exact) mass is 471 g/mol. The van der Waals surface area contributed by atoms with Gasteiger partial charge in [0, 0.05) is 41.3 Å². The number of ketones is 2. The molecule has 30 heavy (non-hydrogen) atoms. The van der Waals surface area contributed by atoms with Crippen molar-refractivity contribution in [3.05, 3.63) is 57.4 Å². The predicted molar refractivity (Wildman–Crippen MR) is 119 cm³/mol. The average Bonchev–Trinajstić information content (AvgIpc) is 2.72. The van der Waals surface area contributed by atoms with Crippen LogP contribution in [0.3, 0.4) is 0 Å². The molecule has 5 nitrogen and oxygen atoms in total. The zero-order chi connectivity index (χ0) is 21.3. The van der Waals surface area contributed by atoms with E-state index >= 15 is 0 Å². The minimum absolute atomic E-state index is 0.125. The Morgan fingerprint density at radius 3 is 2.27 bits per heavy atom. The lowest BCUT2D eigenvalue weighted by Crippen LogP contribution is -2.36. The van der Waals surface area contributed by atoms with E-state index < -0.39 is 0 Å². The maximum atomic E-state index is 13.0. The van der Waals surface area contributed by atoms with Crippen molar-refractivity contribution >= 4 is 27.5 Å². The lowest BCUT2D eigenvalue weighted by molar-refractivity contribution is -0.116. The van der Waals surface area contributed by atoms with Crippen molar-refractivity contribution in [1.29, 1.82) is 0 Å². The summed E-state index contributed by atoms with van der Waals surface area (Å²) in [5.74, 6) is 1.08. The van der Waals surface area contributed by atoms with Crippen molar-refractivity contribution < 1.29 is 19.1 Å². The molecule has 1 aromatic carbocycles. The highest BCUT2D eigenvalue weighted by Crippen LogP contribution is 2.48. The van der Waals surface area contributed by atoms with Crippen LogP contribution >= 0.6 is 15.9 Å². The first-order chi connectivity index (χ1) is 14.5. The van der Waals surface area contributed by atoms with Crippen LogP contribution in [0, 0.1) is 0 Å². The second-order valence-electron chi connectivity index (χ2n) is 7.76. The number of rotatable bonds is 6. The van der Waals surface area contributed by atoms with E-state index in [2.05, 4.69) is 27.8 Å². The zero-order valence-electron chi connectivity index (χ0n) is 17.2. The zero-order valence-corrected chi connectivity index (χ0v) is 18.8. The molecule has 0 unspecified atom stereocenters. The lowest BCUT2D eigenvalue weighted by atomic mass is 9.71. The standard InChI is InChI=1S/C24H26BrNO4/c1-3-11-30-24-15(25)12-14(13-20(24)29-4-2)21-22-16(7-5-9-18(22)27)26-17-8-6-10-19(28)23(17)21/h3,12-13,21,26H,1,4-11H2,2H3. The number of allylic oxidation sites excluding steroid dienone is 4. The van der Waals surface area contributed by atoms with Crippen molar-refractivity contribution in [1.82, 2.24) is 5.32 Å². The fraction of sp³-hybridized carbons (Fsp3) is 0.417. The molecule has 0 amide bonds. The Hall–Kier alpha value is -2.34. The number of carbonyl (C=O) groups is 2. The molecule has 1 heterocycles. The van der Waals surface area contributed by atoms with Gasteiger partial charge in [-0.2, -0.15) is 0 Å². The molecule has 6 heteroatoms. The molecule has 0 spiro atoms. The number of hydrogen-bond donors (Lipinski definition) is 1. The highest BCUT2D eigenvalue weighted by molar-refractivity contribution is 9.10. The van der Waals surface area contributed by atoms with Crippen LogP contribution in [0.15, 0.2) is 51.8 Å². The Morgan fingerprint density at radius 2 is 1.70 bits per heavy atom. The number of dihydropyridines is 1. The molecule has 1 N–H and O–H groups in total. The normalized spacial score (nSPS) is 19.3. The predicted octanol–water partition coefficient (Wildman–Crippen LogP) is 5.11. The quantitative estimate of drug-likeness (QED) is 0.583. The van der Waals surface area contributed by atoms with E-state index in [0.29, 0.717) is 37.6 Å². The molecule has 0 fully saturated rings. The van der Waals surface area contributed by atoms with Gasteiger partial charge in [0.1, 0.15) is 6.61 Å². The molecular weight excluding hydrogens is 446 g/mol. The molecule has 0 saturated carbocycles. The molecule has 1 aliphatic heterocycles. The van der Waals surface area contributed by atoms with Crippen molar-refractivity contribution in [2.75, 3.05) is 13.2 Å². The summed E-state index contributed by atoms with van der Waals surface area (Å²) in [7, 11) is 0. The van der Waals surface area contributed by atoms with Crippen LogP contribution in [0.25, 0.3) is 0 Å². The first-order valence-electron chi connectivity index (χ1n) is 10.5. The Labute approximate surface area is 185 Å².